The van der Waals surface area contributed by atoms with Gasteiger partial charge in [-0.2, -0.15) is 0 Å². The molecule has 1 atom stereocenters. The summed E-state index contributed by atoms with van der Waals surface area (Å²) in [6.07, 6.45) is 0. The summed E-state index contributed by atoms with van der Waals surface area (Å²) in [6, 6.07) is 13.5. The van der Waals surface area contributed by atoms with Gasteiger partial charge in [0.25, 0.3) is 5.69 Å². The molecule has 8 heteroatoms. The van der Waals surface area contributed by atoms with Crippen molar-refractivity contribution in [1.29, 1.82) is 0 Å². The van der Waals surface area contributed by atoms with E-state index in [1.165, 1.54) is 6.07 Å². The normalized spacial score (nSPS) is 16.0. The van der Waals surface area contributed by atoms with E-state index in [0.717, 1.165) is 31.9 Å². The van der Waals surface area contributed by atoms with Crippen molar-refractivity contribution in [1.82, 2.24) is 4.90 Å². The lowest BCUT2D eigenvalue weighted by Gasteiger charge is -2.38. The summed E-state index contributed by atoms with van der Waals surface area (Å²) < 4.78 is 0. The van der Waals surface area contributed by atoms with Crippen LogP contribution in [0, 0.1) is 10.1 Å². The maximum atomic E-state index is 12.6. The first-order valence-corrected chi connectivity index (χ1v) is 9.12. The van der Waals surface area contributed by atoms with Crippen molar-refractivity contribution in [3.8, 4) is 0 Å². The van der Waals surface area contributed by atoms with E-state index in [9.17, 15) is 14.9 Å². The number of benzene rings is 2. The van der Waals surface area contributed by atoms with Gasteiger partial charge in [-0.1, -0.05) is 29.8 Å². The van der Waals surface area contributed by atoms with Gasteiger partial charge in [0.2, 0.25) is 5.91 Å². The monoisotopic (exact) mass is 388 g/mol. The summed E-state index contributed by atoms with van der Waals surface area (Å²) in [6.45, 7) is 4.82. The second-order valence-electron chi connectivity index (χ2n) is 6.44. The number of anilines is 2. The van der Waals surface area contributed by atoms with Crippen molar-refractivity contribution in [3.63, 3.8) is 0 Å². The molecule has 142 valence electrons. The minimum Gasteiger partial charge on any atom is -0.369 e. The van der Waals surface area contributed by atoms with Crippen molar-refractivity contribution in [2.24, 2.45) is 0 Å². The summed E-state index contributed by atoms with van der Waals surface area (Å²) in [5.74, 6) is -0.250. The lowest BCUT2D eigenvalue weighted by atomic mass is 10.2. The molecule has 2 aromatic carbocycles. The molecule has 3 rings (SSSR count). The average Bonchev–Trinajstić information content (AvgIpc) is 2.67. The number of para-hydroxylation sites is 2. The Labute approximate surface area is 162 Å². The fraction of sp³-hybridized carbons (Fsp3) is 0.316. The Morgan fingerprint density at radius 1 is 1.15 bits per heavy atom. The van der Waals surface area contributed by atoms with E-state index in [1.54, 1.807) is 18.2 Å². The van der Waals surface area contributed by atoms with Crippen LogP contribution in [0.15, 0.2) is 48.5 Å². The first kappa shape index (κ1) is 19.1. The smallest absolute Gasteiger partial charge is 0.292 e. The summed E-state index contributed by atoms with van der Waals surface area (Å²) in [5.41, 5.74) is 1.18. The van der Waals surface area contributed by atoms with E-state index >= 15 is 0 Å². The summed E-state index contributed by atoms with van der Waals surface area (Å²) in [7, 11) is 0. The molecule has 1 saturated heterocycles. The Hall–Kier alpha value is -2.64. The predicted octanol–water partition coefficient (Wildman–Crippen LogP) is 3.40. The fourth-order valence-electron chi connectivity index (χ4n) is 3.18. The number of carbonyl (C=O) groups is 1. The number of nitrogens with zero attached hydrogens (tertiary/aromatic N) is 3. The van der Waals surface area contributed by atoms with Crippen molar-refractivity contribution in [2.45, 2.75) is 13.0 Å². The van der Waals surface area contributed by atoms with Gasteiger partial charge in [-0.3, -0.25) is 19.8 Å². The first-order valence-electron chi connectivity index (χ1n) is 8.74. The van der Waals surface area contributed by atoms with Gasteiger partial charge in [-0.05, 0) is 31.2 Å². The van der Waals surface area contributed by atoms with Gasteiger partial charge in [-0.15, -0.1) is 0 Å². The number of nitro groups is 1. The first-order chi connectivity index (χ1) is 13.0. The molecule has 0 aliphatic carbocycles. The summed E-state index contributed by atoms with van der Waals surface area (Å²) in [4.78, 5) is 27.5. The van der Waals surface area contributed by atoms with Crippen molar-refractivity contribution in [3.05, 3.63) is 63.7 Å². The zero-order valence-corrected chi connectivity index (χ0v) is 15.7. The largest absolute Gasteiger partial charge is 0.369 e. The Morgan fingerprint density at radius 2 is 1.85 bits per heavy atom. The topological polar surface area (TPSA) is 78.7 Å². The molecule has 0 radical (unpaired) electrons. The number of nitro benzene ring substituents is 1. The highest BCUT2D eigenvalue weighted by molar-refractivity contribution is 6.30. The van der Waals surface area contributed by atoms with Crippen LogP contribution in [0.25, 0.3) is 0 Å². The van der Waals surface area contributed by atoms with Crippen LogP contribution in [0.1, 0.15) is 6.92 Å². The molecule has 1 heterocycles. The minimum atomic E-state index is -0.496. The predicted molar refractivity (Wildman–Crippen MR) is 106 cm³/mol. The molecule has 1 fully saturated rings. The summed E-state index contributed by atoms with van der Waals surface area (Å²) in [5, 5.41) is 14.5. The number of hydrogen-bond donors (Lipinski definition) is 1. The van der Waals surface area contributed by atoms with Crippen LogP contribution in [0.5, 0.6) is 0 Å². The van der Waals surface area contributed by atoms with Crippen molar-refractivity contribution < 1.29 is 9.72 Å². The van der Waals surface area contributed by atoms with Gasteiger partial charge in [0.1, 0.15) is 5.69 Å². The highest BCUT2D eigenvalue weighted by Gasteiger charge is 2.27. The van der Waals surface area contributed by atoms with E-state index in [2.05, 4.69) is 15.1 Å². The molecule has 7 nitrogen and oxygen atoms in total. The number of rotatable bonds is 5. The zero-order chi connectivity index (χ0) is 19.4. The minimum absolute atomic E-state index is 0.108. The van der Waals surface area contributed by atoms with Crippen LogP contribution in [-0.2, 0) is 4.79 Å². The maximum absolute atomic E-state index is 12.6. The number of piperazine rings is 1. The van der Waals surface area contributed by atoms with Crippen LogP contribution < -0.4 is 10.2 Å². The van der Waals surface area contributed by atoms with Crippen LogP contribution in [0.4, 0.5) is 17.1 Å². The highest BCUT2D eigenvalue weighted by Crippen LogP contribution is 2.24. The molecule has 1 aliphatic rings. The molecule has 2 aromatic rings. The van der Waals surface area contributed by atoms with E-state index in [1.807, 2.05) is 31.2 Å². The molecule has 27 heavy (non-hydrogen) atoms. The third kappa shape index (κ3) is 4.56. The molecule has 1 amide bonds. The Balaban J connectivity index is 1.60. The number of amides is 1. The van der Waals surface area contributed by atoms with Crippen LogP contribution in [0.2, 0.25) is 5.02 Å². The second kappa shape index (κ2) is 8.37. The average molecular weight is 389 g/mol. The van der Waals surface area contributed by atoms with Gasteiger partial charge in [0, 0.05) is 43.0 Å². The lowest BCUT2D eigenvalue weighted by Crippen LogP contribution is -2.52. The maximum Gasteiger partial charge on any atom is 0.292 e. The van der Waals surface area contributed by atoms with E-state index in [0.29, 0.717) is 5.02 Å². The SMILES string of the molecule is C[C@H](C(=O)Nc1ccccc1[N+](=O)[O-])N1CCN(c2cccc(Cl)c2)CC1. The Morgan fingerprint density at radius 3 is 2.52 bits per heavy atom. The quantitative estimate of drug-likeness (QED) is 0.627. The number of carbonyl (C=O) groups excluding carboxylic acids is 1. The van der Waals surface area contributed by atoms with Crippen LogP contribution in [0.3, 0.4) is 0 Å². The third-order valence-corrected chi connectivity index (χ3v) is 5.01. The Kier molecular flexibility index (Phi) is 5.93. The molecular formula is C19H21ClN4O3. The molecule has 0 saturated carbocycles. The lowest BCUT2D eigenvalue weighted by molar-refractivity contribution is -0.383. The molecule has 0 unspecified atom stereocenters. The molecule has 0 spiro atoms. The van der Waals surface area contributed by atoms with Gasteiger partial charge in [0.15, 0.2) is 0 Å². The molecule has 0 bridgehead atoms. The van der Waals surface area contributed by atoms with Gasteiger partial charge < -0.3 is 10.2 Å². The van der Waals surface area contributed by atoms with Gasteiger partial charge >= 0.3 is 0 Å². The fourth-order valence-corrected chi connectivity index (χ4v) is 3.37. The highest BCUT2D eigenvalue weighted by atomic mass is 35.5. The number of nitrogens with one attached hydrogen (secondary N) is 1. The van der Waals surface area contributed by atoms with Crippen LogP contribution >= 0.6 is 11.6 Å². The van der Waals surface area contributed by atoms with Crippen molar-refractivity contribution >= 4 is 34.6 Å². The van der Waals surface area contributed by atoms with E-state index in [-0.39, 0.29) is 23.3 Å². The van der Waals surface area contributed by atoms with E-state index < -0.39 is 4.92 Å². The van der Waals surface area contributed by atoms with E-state index in [4.69, 9.17) is 11.6 Å². The standard InChI is InChI=1S/C19H21ClN4O3/c1-14(19(25)21-17-7-2-3-8-18(17)24(26)27)22-9-11-23(12-10-22)16-6-4-5-15(20)13-16/h2-8,13-14H,9-12H2,1H3,(H,21,25)/t14-/m1/s1. The van der Waals surface area contributed by atoms with Gasteiger partial charge in [0.05, 0.1) is 11.0 Å². The summed E-state index contributed by atoms with van der Waals surface area (Å²) >= 11 is 6.06. The van der Waals surface area contributed by atoms with Crippen LogP contribution in [-0.4, -0.2) is 48.0 Å². The second-order valence-corrected chi connectivity index (χ2v) is 6.88. The number of halogens is 1. The van der Waals surface area contributed by atoms with Gasteiger partial charge in [-0.25, -0.2) is 0 Å². The Bertz CT molecular complexity index is 837. The molecular weight excluding hydrogens is 368 g/mol. The molecule has 0 aromatic heterocycles. The zero-order valence-electron chi connectivity index (χ0n) is 15.0. The van der Waals surface area contributed by atoms with Crippen molar-refractivity contribution in [2.75, 3.05) is 36.4 Å². The number of hydrogen-bond acceptors (Lipinski definition) is 5. The molecule has 1 aliphatic heterocycles. The molecule has 1 N–H and O–H groups in total. The third-order valence-electron chi connectivity index (χ3n) is 4.77.